The van der Waals surface area contributed by atoms with E-state index in [2.05, 4.69) is 0 Å². The fourth-order valence-electron chi connectivity index (χ4n) is 4.44. The largest absolute Gasteiger partial charge is 0.423 e. The van der Waals surface area contributed by atoms with Crippen molar-refractivity contribution in [3.63, 3.8) is 0 Å². The van der Waals surface area contributed by atoms with Gasteiger partial charge in [-0.3, -0.25) is 0 Å². The van der Waals surface area contributed by atoms with Gasteiger partial charge in [-0.05, 0) is 93.5 Å². The van der Waals surface area contributed by atoms with Gasteiger partial charge in [-0.15, -0.1) is 0 Å². The summed E-state index contributed by atoms with van der Waals surface area (Å²) in [5.41, 5.74) is 7.20. The van der Waals surface area contributed by atoms with Crippen LogP contribution < -0.4 is 9.47 Å². The minimum absolute atomic E-state index is 0.104. The van der Waals surface area contributed by atoms with Crippen molar-refractivity contribution in [2.75, 3.05) is 0 Å². The van der Waals surface area contributed by atoms with E-state index in [1.54, 1.807) is 0 Å². The summed E-state index contributed by atoms with van der Waals surface area (Å²) in [6.45, 7) is 12.0. The Morgan fingerprint density at radius 2 is 1.03 bits per heavy atom. The third-order valence-electron chi connectivity index (χ3n) is 6.98. The normalized spacial score (nSPS) is 19.2. The lowest BCUT2D eigenvalue weighted by atomic mass is 9.96. The highest BCUT2D eigenvalue weighted by Gasteiger charge is 2.43. The van der Waals surface area contributed by atoms with Crippen molar-refractivity contribution in [1.29, 1.82) is 0 Å². The number of hydrogen-bond acceptors (Lipinski definition) is 4. The maximum atomic E-state index is 13.2. The van der Waals surface area contributed by atoms with E-state index in [0.29, 0.717) is 29.1 Å². The average molecular weight is 417 g/mol. The van der Waals surface area contributed by atoms with Crippen LogP contribution in [0.2, 0.25) is 0 Å². The van der Waals surface area contributed by atoms with Crippen LogP contribution in [0.1, 0.15) is 39.8 Å². The number of rotatable bonds is 4. The summed E-state index contributed by atoms with van der Waals surface area (Å²) in [4.78, 5) is 26.3. The molecule has 0 aliphatic heterocycles. The van der Waals surface area contributed by atoms with E-state index in [-0.39, 0.29) is 11.8 Å². The van der Waals surface area contributed by atoms with Crippen molar-refractivity contribution in [3.05, 3.63) is 80.9 Å². The first-order valence-electron chi connectivity index (χ1n) is 10.7. The summed E-state index contributed by atoms with van der Waals surface area (Å²) in [6, 6.07) is 7.51. The maximum absolute atomic E-state index is 13.2. The van der Waals surface area contributed by atoms with Gasteiger partial charge in [0.25, 0.3) is 0 Å². The molecule has 4 heteroatoms. The van der Waals surface area contributed by atoms with Gasteiger partial charge in [-0.25, -0.2) is 9.59 Å². The maximum Gasteiger partial charge on any atom is 0.340 e. The van der Waals surface area contributed by atoms with Crippen molar-refractivity contribution in [2.45, 2.75) is 48.0 Å². The predicted molar refractivity (Wildman–Crippen MR) is 120 cm³/mol. The van der Waals surface area contributed by atoms with Gasteiger partial charge in [-0.2, -0.15) is 0 Å². The Morgan fingerprint density at radius 3 is 1.42 bits per heavy atom. The van der Waals surface area contributed by atoms with E-state index in [1.807, 2.05) is 78.0 Å². The molecular formula is C27H28O4. The van der Waals surface area contributed by atoms with Crippen molar-refractivity contribution < 1.29 is 19.1 Å². The smallest absolute Gasteiger partial charge is 0.340 e. The van der Waals surface area contributed by atoms with Crippen LogP contribution in [0.3, 0.4) is 0 Å². The number of hydrogen-bond donors (Lipinski definition) is 0. The van der Waals surface area contributed by atoms with Gasteiger partial charge >= 0.3 is 11.9 Å². The number of fused-ring (bicyclic) bond motifs is 2. The number of allylic oxidation sites excluding steroid dienone is 2. The third-order valence-corrected chi connectivity index (χ3v) is 6.98. The second-order valence-electron chi connectivity index (χ2n) is 8.70. The van der Waals surface area contributed by atoms with Gasteiger partial charge in [0.05, 0.1) is 11.1 Å². The van der Waals surface area contributed by atoms with Gasteiger partial charge in [0.15, 0.2) is 0 Å². The summed E-state index contributed by atoms with van der Waals surface area (Å²) in [7, 11) is 0. The molecule has 2 aliphatic rings. The van der Waals surface area contributed by atoms with E-state index in [0.717, 1.165) is 33.4 Å². The molecular weight excluding hydrogens is 388 g/mol. The lowest BCUT2D eigenvalue weighted by Gasteiger charge is -2.17. The number of carbonyl (C=O) groups excluding carboxylic acids is 2. The lowest BCUT2D eigenvalue weighted by Crippen LogP contribution is -2.23. The quantitative estimate of drug-likeness (QED) is 0.372. The Labute approximate surface area is 183 Å². The molecule has 0 N–H and O–H groups in total. The molecule has 0 heterocycles. The minimum Gasteiger partial charge on any atom is -0.423 e. The molecule has 0 aromatic heterocycles. The lowest BCUT2D eigenvalue weighted by molar-refractivity contribution is -0.133. The standard InChI is InChI=1S/C27H28O4/c1-14-7-11-22(18(5)16(14)3)30-26(28)24-20-9-10-21(13-20)25(24)27(29)31-23-12-8-15(2)17(4)19(23)6/h7-12,20-21H,13H2,1-6H3. The Kier molecular flexibility index (Phi) is 5.34. The van der Waals surface area contributed by atoms with Crippen LogP contribution in [0.4, 0.5) is 0 Å². The van der Waals surface area contributed by atoms with E-state index >= 15 is 0 Å². The highest BCUT2D eigenvalue weighted by Crippen LogP contribution is 2.45. The topological polar surface area (TPSA) is 52.6 Å². The molecule has 2 aromatic carbocycles. The molecule has 0 saturated carbocycles. The van der Waals surface area contributed by atoms with Crippen molar-refractivity contribution >= 4 is 11.9 Å². The van der Waals surface area contributed by atoms with Gasteiger partial charge in [0.1, 0.15) is 11.5 Å². The van der Waals surface area contributed by atoms with Crippen LogP contribution in [-0.2, 0) is 9.59 Å². The molecule has 0 saturated heterocycles. The predicted octanol–water partition coefficient (Wildman–Crippen LogP) is 5.55. The van der Waals surface area contributed by atoms with E-state index in [4.69, 9.17) is 9.47 Å². The van der Waals surface area contributed by atoms with Gasteiger partial charge in [0.2, 0.25) is 0 Å². The van der Waals surface area contributed by atoms with Crippen LogP contribution in [0.25, 0.3) is 0 Å². The van der Waals surface area contributed by atoms with Gasteiger partial charge < -0.3 is 9.47 Å². The molecule has 4 rings (SSSR count). The van der Waals surface area contributed by atoms with Crippen molar-refractivity contribution in [2.24, 2.45) is 11.8 Å². The molecule has 2 aliphatic carbocycles. The molecule has 2 atom stereocenters. The molecule has 0 spiro atoms. The molecule has 31 heavy (non-hydrogen) atoms. The average Bonchev–Trinajstić information content (AvgIpc) is 3.36. The summed E-state index contributed by atoms with van der Waals surface area (Å²) in [5, 5.41) is 0. The molecule has 0 fully saturated rings. The van der Waals surface area contributed by atoms with E-state index < -0.39 is 11.9 Å². The van der Waals surface area contributed by atoms with Gasteiger partial charge in [0, 0.05) is 11.8 Å². The first-order valence-corrected chi connectivity index (χ1v) is 10.7. The second kappa shape index (κ2) is 7.84. The highest BCUT2D eigenvalue weighted by molar-refractivity contribution is 6.04. The fraction of sp³-hybridized carbons (Fsp3) is 0.333. The molecule has 2 unspecified atom stereocenters. The number of ether oxygens (including phenoxy) is 2. The number of aryl methyl sites for hydroxylation is 2. The monoisotopic (exact) mass is 416 g/mol. The summed E-state index contributed by atoms with van der Waals surface area (Å²) in [6.07, 6.45) is 4.70. The summed E-state index contributed by atoms with van der Waals surface area (Å²) >= 11 is 0. The molecule has 0 radical (unpaired) electrons. The number of carbonyl (C=O) groups is 2. The fourth-order valence-corrected chi connectivity index (χ4v) is 4.44. The van der Waals surface area contributed by atoms with Crippen LogP contribution in [0.15, 0.2) is 47.6 Å². The van der Waals surface area contributed by atoms with Crippen molar-refractivity contribution in [1.82, 2.24) is 0 Å². The molecule has 2 bridgehead atoms. The number of benzene rings is 2. The Balaban J connectivity index is 1.64. The molecule has 0 amide bonds. The van der Waals surface area contributed by atoms with Crippen LogP contribution >= 0.6 is 0 Å². The van der Waals surface area contributed by atoms with Gasteiger partial charge in [-0.1, -0.05) is 24.3 Å². The second-order valence-corrected chi connectivity index (χ2v) is 8.70. The minimum atomic E-state index is -0.466. The van der Waals surface area contributed by atoms with E-state index in [1.165, 1.54) is 0 Å². The Morgan fingerprint density at radius 1 is 0.645 bits per heavy atom. The number of esters is 2. The zero-order valence-electron chi connectivity index (χ0n) is 19.0. The highest BCUT2D eigenvalue weighted by atomic mass is 16.5. The Hall–Kier alpha value is -3.14. The van der Waals surface area contributed by atoms with Crippen molar-refractivity contribution in [3.8, 4) is 11.5 Å². The summed E-state index contributed by atoms with van der Waals surface area (Å²) < 4.78 is 11.5. The Bertz CT molecular complexity index is 1080. The van der Waals surface area contributed by atoms with Crippen LogP contribution in [0.5, 0.6) is 11.5 Å². The zero-order chi connectivity index (χ0) is 22.4. The molecule has 4 nitrogen and oxygen atoms in total. The van der Waals surface area contributed by atoms with E-state index in [9.17, 15) is 9.59 Å². The van der Waals surface area contributed by atoms with Crippen LogP contribution in [0, 0.1) is 53.4 Å². The third kappa shape index (κ3) is 3.60. The first kappa shape index (κ1) is 21.1. The first-order chi connectivity index (χ1) is 14.7. The van der Waals surface area contributed by atoms with Crippen LogP contribution in [-0.4, -0.2) is 11.9 Å². The molecule has 160 valence electrons. The zero-order valence-corrected chi connectivity index (χ0v) is 19.0. The SMILES string of the molecule is Cc1ccc(OC(=O)C2=C(C(=O)Oc3ccc(C)c(C)c3C)C3C=CC2C3)c(C)c1C. The molecule has 2 aromatic rings. The summed E-state index contributed by atoms with van der Waals surface area (Å²) in [5.74, 6) is -0.0745.